The van der Waals surface area contributed by atoms with Crippen LogP contribution >= 0.6 is 0 Å². The number of anilines is 1. The molecule has 3 N–H and O–H groups in total. The first kappa shape index (κ1) is 22.9. The molecule has 1 aliphatic carbocycles. The number of benzene rings is 1. The number of carbonyl (C=O) groups is 1. The second-order valence-corrected chi connectivity index (χ2v) is 8.58. The number of hydrogen-bond donors (Lipinski definition) is 3. The van der Waals surface area contributed by atoms with Crippen LogP contribution in [0.25, 0.3) is 0 Å². The second-order valence-electron chi connectivity index (χ2n) is 8.58. The van der Waals surface area contributed by atoms with Gasteiger partial charge in [0.25, 0.3) is 5.91 Å². The van der Waals surface area contributed by atoms with E-state index in [0.29, 0.717) is 24.7 Å². The molecule has 0 unspecified atom stereocenters. The van der Waals surface area contributed by atoms with Crippen LogP contribution in [-0.2, 0) is 13.0 Å². The molecule has 0 radical (unpaired) electrons. The van der Waals surface area contributed by atoms with Gasteiger partial charge in [-0.05, 0) is 61.2 Å². The first-order valence-electron chi connectivity index (χ1n) is 11.4. The Morgan fingerprint density at radius 3 is 2.61 bits per heavy atom. The predicted molar refractivity (Wildman–Crippen MR) is 129 cm³/mol. The molecule has 0 aliphatic heterocycles. The highest BCUT2D eigenvalue weighted by atomic mass is 16.3. The second kappa shape index (κ2) is 11.0. The summed E-state index contributed by atoms with van der Waals surface area (Å²) in [6.45, 7) is 1.72. The molecular formula is C26H31N5O2. The van der Waals surface area contributed by atoms with Crippen molar-refractivity contribution in [3.63, 3.8) is 0 Å². The molecule has 0 spiro atoms. The molecule has 7 nitrogen and oxygen atoms in total. The number of carbonyl (C=O) groups excluding carboxylic acids is 1. The van der Waals surface area contributed by atoms with Crippen molar-refractivity contribution < 1.29 is 9.90 Å². The standard InChI is InChI=1S/C26H31N5O2/c1-31(18-20-3-2-13-27-15-20)26(33)21-6-4-19(5-7-21)12-14-28-17-24(32)22-8-11-25(29-16-22)30-23-9-10-23/h2-8,11,13,15-16,23-24,28,32H,9-10,12,14,17-18H2,1H3,(H,29,30)/t24-/m0/s1. The van der Waals surface area contributed by atoms with E-state index in [1.807, 2.05) is 48.5 Å². The van der Waals surface area contributed by atoms with E-state index >= 15 is 0 Å². The Morgan fingerprint density at radius 1 is 1.12 bits per heavy atom. The molecule has 3 aromatic rings. The quantitative estimate of drug-likeness (QED) is 0.393. The fraction of sp³-hybridized carbons (Fsp3) is 0.346. The molecule has 33 heavy (non-hydrogen) atoms. The smallest absolute Gasteiger partial charge is 0.253 e. The molecule has 1 atom stereocenters. The molecule has 1 amide bonds. The summed E-state index contributed by atoms with van der Waals surface area (Å²) in [4.78, 5) is 22.8. The van der Waals surface area contributed by atoms with Crippen LogP contribution in [0.3, 0.4) is 0 Å². The van der Waals surface area contributed by atoms with E-state index in [2.05, 4.69) is 20.6 Å². The number of rotatable bonds is 11. The third kappa shape index (κ3) is 6.84. The summed E-state index contributed by atoms with van der Waals surface area (Å²) in [6, 6.07) is 16.0. The zero-order valence-corrected chi connectivity index (χ0v) is 18.9. The van der Waals surface area contributed by atoms with E-state index < -0.39 is 6.10 Å². The number of aromatic nitrogens is 2. The van der Waals surface area contributed by atoms with Crippen molar-refractivity contribution in [3.05, 3.63) is 89.4 Å². The number of nitrogens with zero attached hydrogens (tertiary/aromatic N) is 3. The summed E-state index contributed by atoms with van der Waals surface area (Å²) in [5.41, 5.74) is 3.61. The minimum atomic E-state index is -0.595. The van der Waals surface area contributed by atoms with Crippen LogP contribution in [0.5, 0.6) is 0 Å². The van der Waals surface area contributed by atoms with Crippen LogP contribution in [0, 0.1) is 0 Å². The van der Waals surface area contributed by atoms with Crippen molar-refractivity contribution in [1.29, 1.82) is 0 Å². The minimum Gasteiger partial charge on any atom is -0.387 e. The summed E-state index contributed by atoms with van der Waals surface area (Å²) in [5.74, 6) is 0.852. The first-order valence-corrected chi connectivity index (χ1v) is 11.4. The van der Waals surface area contributed by atoms with Gasteiger partial charge >= 0.3 is 0 Å². The number of pyridine rings is 2. The van der Waals surface area contributed by atoms with E-state index in [1.54, 1.807) is 30.5 Å². The minimum absolute atomic E-state index is 0.0152. The lowest BCUT2D eigenvalue weighted by atomic mass is 10.1. The molecule has 1 aliphatic rings. The normalized spacial score (nSPS) is 14.0. The molecule has 2 aromatic heterocycles. The lowest BCUT2D eigenvalue weighted by molar-refractivity contribution is 0.0785. The lowest BCUT2D eigenvalue weighted by Gasteiger charge is -2.17. The molecule has 2 heterocycles. The van der Waals surface area contributed by atoms with Crippen molar-refractivity contribution in [2.24, 2.45) is 0 Å². The Balaban J connectivity index is 1.18. The van der Waals surface area contributed by atoms with Crippen LogP contribution in [0.4, 0.5) is 5.82 Å². The van der Waals surface area contributed by atoms with Crippen LogP contribution in [0.2, 0.25) is 0 Å². The topological polar surface area (TPSA) is 90.4 Å². The van der Waals surface area contributed by atoms with Gasteiger partial charge in [-0.3, -0.25) is 9.78 Å². The van der Waals surface area contributed by atoms with Gasteiger partial charge in [0, 0.05) is 55.9 Å². The maximum absolute atomic E-state index is 12.7. The van der Waals surface area contributed by atoms with Gasteiger partial charge in [0.15, 0.2) is 0 Å². The fourth-order valence-corrected chi connectivity index (χ4v) is 3.59. The van der Waals surface area contributed by atoms with Gasteiger partial charge in [-0.1, -0.05) is 24.3 Å². The van der Waals surface area contributed by atoms with Crippen molar-refractivity contribution in [2.75, 3.05) is 25.5 Å². The first-order chi connectivity index (χ1) is 16.1. The highest BCUT2D eigenvalue weighted by molar-refractivity contribution is 5.94. The van der Waals surface area contributed by atoms with Crippen molar-refractivity contribution in [1.82, 2.24) is 20.2 Å². The molecule has 0 saturated heterocycles. The van der Waals surface area contributed by atoms with Crippen LogP contribution in [0.15, 0.2) is 67.1 Å². The maximum Gasteiger partial charge on any atom is 0.253 e. The van der Waals surface area contributed by atoms with Crippen molar-refractivity contribution in [3.8, 4) is 0 Å². The average Bonchev–Trinajstić information content (AvgIpc) is 3.67. The van der Waals surface area contributed by atoms with E-state index in [0.717, 1.165) is 35.5 Å². The van der Waals surface area contributed by atoms with Crippen LogP contribution in [-0.4, -0.2) is 52.1 Å². The number of amides is 1. The Morgan fingerprint density at radius 2 is 1.94 bits per heavy atom. The van der Waals surface area contributed by atoms with E-state index in [1.165, 1.54) is 12.8 Å². The van der Waals surface area contributed by atoms with Gasteiger partial charge in [0.05, 0.1) is 6.10 Å². The monoisotopic (exact) mass is 445 g/mol. The van der Waals surface area contributed by atoms with Crippen LogP contribution in [0.1, 0.15) is 46.0 Å². The average molecular weight is 446 g/mol. The number of aliphatic hydroxyl groups is 1. The predicted octanol–water partition coefficient (Wildman–Crippen LogP) is 3.19. The third-order valence-electron chi connectivity index (χ3n) is 5.72. The van der Waals surface area contributed by atoms with Crippen molar-refractivity contribution >= 4 is 11.7 Å². The third-order valence-corrected chi connectivity index (χ3v) is 5.72. The maximum atomic E-state index is 12.7. The molecule has 0 bridgehead atoms. The largest absolute Gasteiger partial charge is 0.387 e. The molecule has 1 saturated carbocycles. The van der Waals surface area contributed by atoms with E-state index in [4.69, 9.17) is 0 Å². The van der Waals surface area contributed by atoms with E-state index in [9.17, 15) is 9.90 Å². The summed E-state index contributed by atoms with van der Waals surface area (Å²) in [5, 5.41) is 17.0. The fourth-order valence-electron chi connectivity index (χ4n) is 3.59. The zero-order chi connectivity index (χ0) is 23.0. The number of aliphatic hydroxyl groups excluding tert-OH is 1. The summed E-state index contributed by atoms with van der Waals surface area (Å²) >= 11 is 0. The molecule has 4 rings (SSSR count). The number of nitrogens with one attached hydrogen (secondary N) is 2. The highest BCUT2D eigenvalue weighted by Gasteiger charge is 2.21. The van der Waals surface area contributed by atoms with Gasteiger partial charge < -0.3 is 20.6 Å². The SMILES string of the molecule is CN(Cc1cccnc1)C(=O)c1ccc(CCNC[C@H](O)c2ccc(NC3CC3)nc2)cc1. The zero-order valence-electron chi connectivity index (χ0n) is 18.9. The molecular weight excluding hydrogens is 414 g/mol. The van der Waals surface area contributed by atoms with Gasteiger partial charge in [0.1, 0.15) is 5.82 Å². The Labute approximate surface area is 194 Å². The molecule has 7 heteroatoms. The van der Waals surface area contributed by atoms with Crippen LogP contribution < -0.4 is 10.6 Å². The lowest BCUT2D eigenvalue weighted by Crippen LogP contribution is -2.26. The van der Waals surface area contributed by atoms with Crippen molar-refractivity contribution in [2.45, 2.75) is 38.0 Å². The Bertz CT molecular complexity index is 1020. The summed E-state index contributed by atoms with van der Waals surface area (Å²) in [6.07, 6.45) is 7.86. The Hall–Kier alpha value is -3.29. The van der Waals surface area contributed by atoms with Gasteiger partial charge in [-0.2, -0.15) is 0 Å². The van der Waals surface area contributed by atoms with Gasteiger partial charge in [-0.15, -0.1) is 0 Å². The molecule has 1 fully saturated rings. The van der Waals surface area contributed by atoms with E-state index in [-0.39, 0.29) is 5.91 Å². The Kier molecular flexibility index (Phi) is 7.65. The number of hydrogen-bond acceptors (Lipinski definition) is 6. The molecule has 1 aromatic carbocycles. The summed E-state index contributed by atoms with van der Waals surface area (Å²) in [7, 11) is 1.80. The highest BCUT2D eigenvalue weighted by Crippen LogP contribution is 2.24. The van der Waals surface area contributed by atoms with Gasteiger partial charge in [0.2, 0.25) is 0 Å². The molecule has 172 valence electrons. The summed E-state index contributed by atoms with van der Waals surface area (Å²) < 4.78 is 0. The van der Waals surface area contributed by atoms with Gasteiger partial charge in [-0.25, -0.2) is 4.98 Å².